The van der Waals surface area contributed by atoms with Crippen molar-refractivity contribution in [1.29, 1.82) is 0 Å². The van der Waals surface area contributed by atoms with Gasteiger partial charge >= 0.3 is 0 Å². The average molecular weight is 250 g/mol. The highest BCUT2D eigenvalue weighted by atomic mass is 16.5. The lowest BCUT2D eigenvalue weighted by atomic mass is 9.81. The maximum atomic E-state index is 5.15. The molecule has 0 amide bonds. The Hall–Kier alpha value is -1.36. The number of hydrogen-bond donors (Lipinski definition) is 2. The molecule has 5 heteroatoms. The average Bonchev–Trinajstić information content (AvgIpc) is 2.37. The summed E-state index contributed by atoms with van der Waals surface area (Å²) in [6.45, 7) is 7.34. The van der Waals surface area contributed by atoms with Gasteiger partial charge in [0.15, 0.2) is 0 Å². The smallest absolute Gasteiger partial charge is 0.218 e. The fourth-order valence-corrected chi connectivity index (χ4v) is 2.25. The second kappa shape index (κ2) is 5.52. The van der Waals surface area contributed by atoms with Crippen molar-refractivity contribution in [2.24, 2.45) is 5.41 Å². The summed E-state index contributed by atoms with van der Waals surface area (Å²) >= 11 is 0. The lowest BCUT2D eigenvalue weighted by Crippen LogP contribution is -2.39. The highest BCUT2D eigenvalue weighted by Gasteiger charge is 2.26. The standard InChI is InChI=1S/C13H22N4O/c1-10-16-11(8-12(17-10)18-3)15-9-13(2)4-6-14-7-5-13/h8,14H,4-7,9H2,1-3H3,(H,15,16,17). The zero-order valence-corrected chi connectivity index (χ0v) is 11.4. The third-order valence-electron chi connectivity index (χ3n) is 3.53. The van der Waals surface area contributed by atoms with Crippen molar-refractivity contribution >= 4 is 5.82 Å². The molecule has 5 nitrogen and oxygen atoms in total. The van der Waals surface area contributed by atoms with Crippen molar-refractivity contribution in [2.75, 3.05) is 32.1 Å². The maximum Gasteiger partial charge on any atom is 0.218 e. The molecule has 1 saturated heterocycles. The molecule has 18 heavy (non-hydrogen) atoms. The van der Waals surface area contributed by atoms with E-state index in [1.54, 1.807) is 7.11 Å². The number of aromatic nitrogens is 2. The molecule has 0 aliphatic carbocycles. The summed E-state index contributed by atoms with van der Waals surface area (Å²) in [7, 11) is 1.62. The molecular weight excluding hydrogens is 228 g/mol. The minimum atomic E-state index is 0.345. The van der Waals surface area contributed by atoms with Gasteiger partial charge < -0.3 is 15.4 Å². The Labute approximate surface area is 108 Å². The van der Waals surface area contributed by atoms with Crippen molar-refractivity contribution in [2.45, 2.75) is 26.7 Å². The van der Waals surface area contributed by atoms with E-state index in [0.29, 0.717) is 11.3 Å². The first kappa shape index (κ1) is 13.1. The fourth-order valence-electron chi connectivity index (χ4n) is 2.25. The van der Waals surface area contributed by atoms with Gasteiger partial charge in [-0.05, 0) is 38.3 Å². The third kappa shape index (κ3) is 3.32. The number of methoxy groups -OCH3 is 1. The summed E-state index contributed by atoms with van der Waals surface area (Å²) in [5, 5.41) is 6.80. The van der Waals surface area contributed by atoms with Crippen LogP contribution in [-0.2, 0) is 0 Å². The van der Waals surface area contributed by atoms with Crippen LogP contribution in [0, 0.1) is 12.3 Å². The van der Waals surface area contributed by atoms with E-state index in [0.717, 1.165) is 31.3 Å². The molecule has 2 N–H and O–H groups in total. The summed E-state index contributed by atoms with van der Waals surface area (Å²) in [5.74, 6) is 2.19. The molecule has 0 unspecified atom stereocenters. The van der Waals surface area contributed by atoms with Crippen molar-refractivity contribution in [3.05, 3.63) is 11.9 Å². The van der Waals surface area contributed by atoms with Gasteiger partial charge in [0.2, 0.25) is 5.88 Å². The molecule has 0 aromatic carbocycles. The zero-order chi connectivity index (χ0) is 13.0. The van der Waals surface area contributed by atoms with Gasteiger partial charge in [-0.15, -0.1) is 0 Å². The minimum absolute atomic E-state index is 0.345. The van der Waals surface area contributed by atoms with Gasteiger partial charge in [0.05, 0.1) is 7.11 Å². The highest BCUT2D eigenvalue weighted by molar-refractivity contribution is 5.38. The predicted molar refractivity (Wildman–Crippen MR) is 72.0 cm³/mol. The van der Waals surface area contributed by atoms with E-state index in [1.165, 1.54) is 12.8 Å². The van der Waals surface area contributed by atoms with Crippen LogP contribution < -0.4 is 15.4 Å². The molecule has 1 aliphatic heterocycles. The van der Waals surface area contributed by atoms with Gasteiger partial charge in [0.25, 0.3) is 0 Å². The maximum absolute atomic E-state index is 5.15. The zero-order valence-electron chi connectivity index (χ0n) is 11.4. The molecule has 1 aromatic heterocycles. The number of anilines is 1. The summed E-state index contributed by atoms with van der Waals surface area (Å²) in [6.07, 6.45) is 2.39. The molecule has 1 aromatic rings. The fraction of sp³-hybridized carbons (Fsp3) is 0.692. The van der Waals surface area contributed by atoms with E-state index < -0.39 is 0 Å². The molecule has 0 saturated carbocycles. The number of nitrogens with one attached hydrogen (secondary N) is 2. The first-order chi connectivity index (χ1) is 8.61. The van der Waals surface area contributed by atoms with Crippen LogP contribution in [0.15, 0.2) is 6.07 Å². The molecular formula is C13H22N4O. The monoisotopic (exact) mass is 250 g/mol. The molecule has 1 fully saturated rings. The Balaban J connectivity index is 1.98. The Bertz CT molecular complexity index is 402. The predicted octanol–water partition coefficient (Wildman–Crippen LogP) is 1.60. The van der Waals surface area contributed by atoms with Crippen molar-refractivity contribution in [3.63, 3.8) is 0 Å². The normalized spacial score (nSPS) is 18.4. The van der Waals surface area contributed by atoms with E-state index in [-0.39, 0.29) is 0 Å². The molecule has 0 bridgehead atoms. The summed E-state index contributed by atoms with van der Waals surface area (Å²) < 4.78 is 5.15. The quantitative estimate of drug-likeness (QED) is 0.850. The summed E-state index contributed by atoms with van der Waals surface area (Å²) in [6, 6.07) is 1.84. The number of ether oxygens (including phenoxy) is 1. The number of aryl methyl sites for hydroxylation is 1. The first-order valence-electron chi connectivity index (χ1n) is 6.46. The van der Waals surface area contributed by atoms with Crippen LogP contribution in [0.1, 0.15) is 25.6 Å². The van der Waals surface area contributed by atoms with Crippen LogP contribution in [-0.4, -0.2) is 36.7 Å². The Morgan fingerprint density at radius 1 is 1.39 bits per heavy atom. The van der Waals surface area contributed by atoms with Gasteiger partial charge in [0.1, 0.15) is 11.6 Å². The van der Waals surface area contributed by atoms with Gasteiger partial charge in [-0.25, -0.2) is 4.98 Å². The van der Waals surface area contributed by atoms with Crippen LogP contribution in [0.25, 0.3) is 0 Å². The third-order valence-corrected chi connectivity index (χ3v) is 3.53. The second-order valence-electron chi connectivity index (χ2n) is 5.26. The minimum Gasteiger partial charge on any atom is -0.481 e. The van der Waals surface area contributed by atoms with Gasteiger partial charge in [-0.2, -0.15) is 4.98 Å². The lowest BCUT2D eigenvalue weighted by Gasteiger charge is -2.34. The largest absolute Gasteiger partial charge is 0.481 e. The summed E-state index contributed by atoms with van der Waals surface area (Å²) in [5.41, 5.74) is 0.345. The van der Waals surface area contributed by atoms with Gasteiger partial charge in [-0.3, -0.25) is 0 Å². The van der Waals surface area contributed by atoms with Gasteiger partial charge in [0, 0.05) is 12.6 Å². The van der Waals surface area contributed by atoms with Crippen LogP contribution >= 0.6 is 0 Å². The molecule has 0 radical (unpaired) electrons. The molecule has 100 valence electrons. The van der Waals surface area contributed by atoms with E-state index >= 15 is 0 Å². The Morgan fingerprint density at radius 3 is 2.78 bits per heavy atom. The van der Waals surface area contributed by atoms with E-state index in [1.807, 2.05) is 13.0 Å². The number of hydrogen-bond acceptors (Lipinski definition) is 5. The highest BCUT2D eigenvalue weighted by Crippen LogP contribution is 2.28. The van der Waals surface area contributed by atoms with E-state index in [2.05, 4.69) is 27.5 Å². The Kier molecular flexibility index (Phi) is 4.01. The number of rotatable bonds is 4. The summed E-state index contributed by atoms with van der Waals surface area (Å²) in [4.78, 5) is 8.56. The second-order valence-corrected chi connectivity index (χ2v) is 5.26. The van der Waals surface area contributed by atoms with E-state index in [4.69, 9.17) is 4.74 Å². The molecule has 0 atom stereocenters. The first-order valence-corrected chi connectivity index (χ1v) is 6.46. The topological polar surface area (TPSA) is 59.1 Å². The van der Waals surface area contributed by atoms with Crippen molar-refractivity contribution in [1.82, 2.24) is 15.3 Å². The van der Waals surface area contributed by atoms with Crippen molar-refractivity contribution < 1.29 is 4.74 Å². The van der Waals surface area contributed by atoms with Crippen LogP contribution in [0.2, 0.25) is 0 Å². The molecule has 2 heterocycles. The van der Waals surface area contributed by atoms with Crippen LogP contribution in [0.5, 0.6) is 5.88 Å². The van der Waals surface area contributed by atoms with Crippen LogP contribution in [0.4, 0.5) is 5.82 Å². The number of nitrogens with zero attached hydrogens (tertiary/aromatic N) is 2. The SMILES string of the molecule is COc1cc(NCC2(C)CCNCC2)nc(C)n1. The molecule has 1 aliphatic rings. The van der Waals surface area contributed by atoms with E-state index in [9.17, 15) is 0 Å². The Morgan fingerprint density at radius 2 is 2.11 bits per heavy atom. The molecule has 0 spiro atoms. The van der Waals surface area contributed by atoms with Gasteiger partial charge in [-0.1, -0.05) is 6.92 Å². The lowest BCUT2D eigenvalue weighted by molar-refractivity contribution is 0.247. The number of piperidine rings is 1. The van der Waals surface area contributed by atoms with Crippen LogP contribution in [0.3, 0.4) is 0 Å². The molecule has 2 rings (SSSR count). The van der Waals surface area contributed by atoms with Crippen molar-refractivity contribution in [3.8, 4) is 5.88 Å².